The Bertz CT molecular complexity index is 868. The highest BCUT2D eigenvalue weighted by atomic mass is 16.8. The van der Waals surface area contributed by atoms with Crippen molar-refractivity contribution in [3.05, 3.63) is 0 Å². The quantitative estimate of drug-likeness (QED) is 0.115. The summed E-state index contributed by atoms with van der Waals surface area (Å²) in [7, 11) is 0. The van der Waals surface area contributed by atoms with Crippen LogP contribution < -0.4 is 34.4 Å². The maximum atomic E-state index is 11.1. The normalized spacial score (nSPS) is 53.8. The Morgan fingerprint density at radius 1 is 0.524 bits per heavy atom. The summed E-state index contributed by atoms with van der Waals surface area (Å²) in [6.07, 6.45) is -19.8. The highest BCUT2D eigenvalue weighted by Gasteiger charge is 2.54. The maximum absolute atomic E-state index is 11.1. The molecule has 1 saturated carbocycles. The van der Waals surface area contributed by atoms with Crippen molar-refractivity contribution in [2.45, 2.75) is 123 Å². The lowest BCUT2D eigenvalue weighted by atomic mass is 9.84. The molecule has 3 heterocycles. The van der Waals surface area contributed by atoms with Gasteiger partial charge in [0.2, 0.25) is 0 Å². The van der Waals surface area contributed by atoms with Crippen LogP contribution in [0.15, 0.2) is 0 Å². The molecule has 19 nitrogen and oxygen atoms in total. The Balaban J connectivity index is 1.50. The van der Waals surface area contributed by atoms with Gasteiger partial charge in [-0.2, -0.15) is 0 Å². The first-order valence-corrected chi connectivity index (χ1v) is 13.9. The summed E-state index contributed by atoms with van der Waals surface area (Å²) >= 11 is 0. The first kappa shape index (κ1) is 34.1. The molecule has 0 radical (unpaired) electrons. The van der Waals surface area contributed by atoms with Crippen LogP contribution in [0.1, 0.15) is 6.42 Å². The minimum absolute atomic E-state index is 0.0889. The molecule has 4 aliphatic rings. The molecule has 1 aliphatic carbocycles. The number of hydrogen-bond acceptors (Lipinski definition) is 19. The van der Waals surface area contributed by atoms with E-state index in [9.17, 15) is 35.7 Å². The third kappa shape index (κ3) is 6.60. The number of rotatable bonds is 9. The molecule has 0 spiro atoms. The van der Waals surface area contributed by atoms with E-state index in [2.05, 4.69) is 0 Å². The lowest BCUT2D eigenvalue weighted by molar-refractivity contribution is -0.306. The van der Waals surface area contributed by atoms with Crippen molar-refractivity contribution < 1.29 is 64.2 Å². The molecule has 19 N–H and O–H groups in total. The van der Waals surface area contributed by atoms with Crippen molar-refractivity contribution in [1.82, 2.24) is 0 Å². The van der Waals surface area contributed by atoms with Crippen molar-refractivity contribution in [3.8, 4) is 0 Å². The molecule has 4 rings (SSSR count). The fraction of sp³-hybridized carbons (Fsp3) is 1.00. The summed E-state index contributed by atoms with van der Waals surface area (Å²) in [5, 5.41) is 73.0. The SMILES string of the molecule is NCC1O[C@H](O[C@H]2C(N)C[C@@H](N)[C@H](O)[C@H]2O[C@@H]2O[C@@H](CO)[C@@H](OC3O[C@@H](CN)[C@@H](O)[C@@H](O)[C@H]3N)[C@H]2O)[C@H](N)[C@@H](O)[C@@H]1O. The highest BCUT2D eigenvalue weighted by Crippen LogP contribution is 2.34. The van der Waals surface area contributed by atoms with Gasteiger partial charge < -0.3 is 98.6 Å². The first-order chi connectivity index (χ1) is 19.8. The maximum Gasteiger partial charge on any atom is 0.187 e. The van der Waals surface area contributed by atoms with Crippen LogP contribution >= 0.6 is 0 Å². The summed E-state index contributed by atoms with van der Waals surface area (Å²) in [6, 6.07) is -4.18. The summed E-state index contributed by atoms with van der Waals surface area (Å²) in [5.41, 5.74) is 35.6. The van der Waals surface area contributed by atoms with Crippen LogP contribution in [0.3, 0.4) is 0 Å². The van der Waals surface area contributed by atoms with Gasteiger partial charge in [-0.25, -0.2) is 0 Å². The Kier molecular flexibility index (Phi) is 11.5. The lowest BCUT2D eigenvalue weighted by Crippen LogP contribution is -2.68. The summed E-state index contributed by atoms with van der Waals surface area (Å²) in [6.45, 7) is -0.967. The van der Waals surface area contributed by atoms with Gasteiger partial charge in [0, 0.05) is 25.2 Å². The third-order valence-corrected chi connectivity index (χ3v) is 8.37. The number of aliphatic hydroxyl groups is 7. The van der Waals surface area contributed by atoms with E-state index in [1.165, 1.54) is 0 Å². The molecule has 0 aromatic heterocycles. The Morgan fingerprint density at radius 2 is 0.976 bits per heavy atom. The van der Waals surface area contributed by atoms with Crippen molar-refractivity contribution in [3.63, 3.8) is 0 Å². The summed E-state index contributed by atoms with van der Waals surface area (Å²) < 4.78 is 34.6. The van der Waals surface area contributed by atoms with Gasteiger partial charge in [-0.05, 0) is 6.42 Å². The fourth-order valence-electron chi connectivity index (χ4n) is 5.74. The van der Waals surface area contributed by atoms with Crippen LogP contribution in [0.25, 0.3) is 0 Å². The van der Waals surface area contributed by atoms with E-state index in [1.54, 1.807) is 0 Å². The second-order valence-corrected chi connectivity index (χ2v) is 11.2. The van der Waals surface area contributed by atoms with Crippen LogP contribution in [-0.2, 0) is 28.4 Å². The molecule has 0 aromatic rings. The smallest absolute Gasteiger partial charge is 0.187 e. The van der Waals surface area contributed by atoms with E-state index < -0.39 is 123 Å². The van der Waals surface area contributed by atoms with E-state index in [4.69, 9.17) is 62.8 Å². The van der Waals surface area contributed by atoms with Crippen molar-refractivity contribution >= 4 is 0 Å². The zero-order valence-corrected chi connectivity index (χ0v) is 22.8. The van der Waals surface area contributed by atoms with Gasteiger partial charge in [-0.1, -0.05) is 0 Å². The lowest BCUT2D eigenvalue weighted by Gasteiger charge is -2.47. The number of nitrogens with two attached hydrogens (primary N) is 6. The van der Waals surface area contributed by atoms with Gasteiger partial charge in [-0.15, -0.1) is 0 Å². The van der Waals surface area contributed by atoms with Crippen LogP contribution in [0.5, 0.6) is 0 Å². The molecule has 3 aliphatic heterocycles. The number of ether oxygens (including phenoxy) is 6. The molecular weight excluding hydrogens is 568 g/mol. The Hall–Kier alpha value is -0.760. The minimum Gasteiger partial charge on any atom is -0.394 e. The van der Waals surface area contributed by atoms with Gasteiger partial charge >= 0.3 is 0 Å². The largest absolute Gasteiger partial charge is 0.394 e. The fourth-order valence-corrected chi connectivity index (χ4v) is 5.74. The predicted octanol–water partition coefficient (Wildman–Crippen LogP) is -8.90. The van der Waals surface area contributed by atoms with Crippen LogP contribution in [-0.4, -0.2) is 172 Å². The van der Waals surface area contributed by atoms with Crippen LogP contribution in [0.2, 0.25) is 0 Å². The monoisotopic (exact) mass is 614 g/mol. The van der Waals surface area contributed by atoms with Gasteiger partial charge in [0.15, 0.2) is 18.9 Å². The molecule has 4 fully saturated rings. The summed E-state index contributed by atoms with van der Waals surface area (Å²) in [5.74, 6) is 0. The van der Waals surface area contributed by atoms with E-state index in [0.717, 1.165) is 0 Å². The van der Waals surface area contributed by atoms with E-state index in [-0.39, 0.29) is 19.5 Å². The molecule has 19 atom stereocenters. The minimum atomic E-state index is -1.60. The second kappa shape index (κ2) is 14.1. The van der Waals surface area contributed by atoms with Gasteiger partial charge in [0.25, 0.3) is 0 Å². The number of aliphatic hydroxyl groups excluding tert-OH is 7. The highest BCUT2D eigenvalue weighted by molar-refractivity contribution is 5.02. The molecule has 0 bridgehead atoms. The topological polar surface area (TPSA) is 353 Å². The molecule has 0 aromatic carbocycles. The van der Waals surface area contributed by atoms with E-state index in [1.807, 2.05) is 0 Å². The second-order valence-electron chi connectivity index (χ2n) is 11.2. The van der Waals surface area contributed by atoms with Crippen molar-refractivity contribution in [1.29, 1.82) is 0 Å². The Labute approximate surface area is 241 Å². The van der Waals surface area contributed by atoms with Crippen LogP contribution in [0, 0.1) is 0 Å². The average Bonchev–Trinajstić information content (AvgIpc) is 3.27. The zero-order chi connectivity index (χ0) is 31.0. The van der Waals surface area contributed by atoms with Crippen molar-refractivity contribution in [2.24, 2.45) is 34.4 Å². The van der Waals surface area contributed by atoms with Crippen LogP contribution in [0.4, 0.5) is 0 Å². The van der Waals surface area contributed by atoms with Crippen molar-refractivity contribution in [2.75, 3.05) is 19.7 Å². The molecule has 246 valence electrons. The van der Waals surface area contributed by atoms with Gasteiger partial charge in [0.05, 0.1) is 24.8 Å². The van der Waals surface area contributed by atoms with Gasteiger partial charge in [0.1, 0.15) is 67.1 Å². The average molecular weight is 615 g/mol. The molecule has 3 unspecified atom stereocenters. The molecule has 0 amide bonds. The summed E-state index contributed by atoms with van der Waals surface area (Å²) in [4.78, 5) is 0. The number of hydrogen-bond donors (Lipinski definition) is 13. The standard InChI is InChI=1S/C23H46N6O13/c24-2-7-13(32)15(34)10(28)21(37-7)40-18-6(27)1-5(26)12(31)20(18)42-23-17(36)19(9(4-30)39-23)41-22-11(29)16(35)14(33)8(3-25)38-22/h5-23,30-36H,1-4,24-29H2/t5-,6?,7?,8+,9+,10-,11-,12+,13-,14-,15-,16+,17-,18+,19-,20-,21-,22?,23+/m1/s1. The van der Waals surface area contributed by atoms with Gasteiger partial charge in [-0.3, -0.25) is 0 Å². The molecule has 42 heavy (non-hydrogen) atoms. The van der Waals surface area contributed by atoms with E-state index >= 15 is 0 Å². The van der Waals surface area contributed by atoms with E-state index in [0.29, 0.717) is 0 Å². The predicted molar refractivity (Wildman–Crippen MR) is 138 cm³/mol. The molecular formula is C23H46N6O13. The Morgan fingerprint density at radius 3 is 1.45 bits per heavy atom. The molecule has 19 heteroatoms. The third-order valence-electron chi connectivity index (χ3n) is 8.37. The zero-order valence-electron chi connectivity index (χ0n) is 22.8. The first-order valence-electron chi connectivity index (χ1n) is 13.9. The molecule has 3 saturated heterocycles.